The van der Waals surface area contributed by atoms with Gasteiger partial charge < -0.3 is 10.2 Å². The summed E-state index contributed by atoms with van der Waals surface area (Å²) in [6.07, 6.45) is 1.26. The Hall–Kier alpha value is -0.380. The first-order valence-corrected chi connectivity index (χ1v) is 8.71. The molecule has 116 valence electrons. The molecule has 1 N–H and O–H groups in total. The van der Waals surface area contributed by atoms with Crippen LogP contribution in [-0.2, 0) is 13.1 Å². The second kappa shape index (κ2) is 8.81. The van der Waals surface area contributed by atoms with Crippen LogP contribution >= 0.6 is 11.3 Å². The van der Waals surface area contributed by atoms with Crippen molar-refractivity contribution in [3.63, 3.8) is 0 Å². The molecule has 0 aliphatic heterocycles. The summed E-state index contributed by atoms with van der Waals surface area (Å²) in [5, 5.41) is 3.53. The largest absolute Gasteiger partial charge is 0.312 e. The number of hydrogen-bond donors (Lipinski definition) is 1. The standard InChI is InChI=1S/C17H32N2S/c1-7-14(4)11-19(6)12-16-8-17(20-15(16)5)10-18-9-13(2)3/h8,13-14,18H,7,9-12H2,1-6H3. The van der Waals surface area contributed by atoms with Gasteiger partial charge in [-0.15, -0.1) is 11.3 Å². The van der Waals surface area contributed by atoms with E-state index in [1.165, 1.54) is 28.3 Å². The lowest BCUT2D eigenvalue weighted by Gasteiger charge is -2.20. The Balaban J connectivity index is 2.48. The molecule has 0 aliphatic rings. The van der Waals surface area contributed by atoms with Gasteiger partial charge in [-0.3, -0.25) is 0 Å². The van der Waals surface area contributed by atoms with Gasteiger partial charge in [0.2, 0.25) is 0 Å². The molecule has 0 spiro atoms. The summed E-state index contributed by atoms with van der Waals surface area (Å²) in [5.41, 5.74) is 1.50. The van der Waals surface area contributed by atoms with Crippen molar-refractivity contribution in [3.8, 4) is 0 Å². The van der Waals surface area contributed by atoms with Gasteiger partial charge in [0, 0.05) is 29.4 Å². The third kappa shape index (κ3) is 6.38. The maximum Gasteiger partial charge on any atom is 0.0300 e. The van der Waals surface area contributed by atoms with E-state index in [1.807, 2.05) is 11.3 Å². The van der Waals surface area contributed by atoms with Crippen LogP contribution < -0.4 is 5.32 Å². The fourth-order valence-corrected chi connectivity index (χ4v) is 3.36. The molecule has 1 rings (SSSR count). The summed E-state index contributed by atoms with van der Waals surface area (Å²) in [7, 11) is 2.24. The molecule has 3 heteroatoms. The first kappa shape index (κ1) is 17.7. The van der Waals surface area contributed by atoms with Crippen LogP contribution in [0.5, 0.6) is 0 Å². The number of thiophene rings is 1. The van der Waals surface area contributed by atoms with E-state index in [0.717, 1.165) is 31.5 Å². The van der Waals surface area contributed by atoms with E-state index in [0.29, 0.717) is 0 Å². The Morgan fingerprint density at radius 1 is 1.30 bits per heavy atom. The van der Waals surface area contributed by atoms with Crippen molar-refractivity contribution in [1.29, 1.82) is 0 Å². The third-order valence-electron chi connectivity index (χ3n) is 3.68. The molecular weight excluding hydrogens is 264 g/mol. The highest BCUT2D eigenvalue weighted by Crippen LogP contribution is 2.23. The highest BCUT2D eigenvalue weighted by molar-refractivity contribution is 7.12. The van der Waals surface area contributed by atoms with Crippen LogP contribution in [0.2, 0.25) is 0 Å². The van der Waals surface area contributed by atoms with Crippen molar-refractivity contribution in [2.45, 2.75) is 54.1 Å². The zero-order chi connectivity index (χ0) is 15.1. The van der Waals surface area contributed by atoms with Crippen LogP contribution in [0.4, 0.5) is 0 Å². The van der Waals surface area contributed by atoms with Gasteiger partial charge in [0.15, 0.2) is 0 Å². The molecule has 1 heterocycles. The highest BCUT2D eigenvalue weighted by Gasteiger charge is 2.10. The zero-order valence-electron chi connectivity index (χ0n) is 14.1. The van der Waals surface area contributed by atoms with Gasteiger partial charge >= 0.3 is 0 Å². The van der Waals surface area contributed by atoms with Gasteiger partial charge in [-0.1, -0.05) is 34.1 Å². The molecule has 0 amide bonds. The third-order valence-corrected chi connectivity index (χ3v) is 4.78. The van der Waals surface area contributed by atoms with Crippen LogP contribution in [0, 0.1) is 18.8 Å². The first-order valence-electron chi connectivity index (χ1n) is 7.89. The van der Waals surface area contributed by atoms with Gasteiger partial charge in [-0.2, -0.15) is 0 Å². The smallest absolute Gasteiger partial charge is 0.0300 e. The molecule has 0 radical (unpaired) electrons. The lowest BCUT2D eigenvalue weighted by atomic mass is 10.1. The number of aryl methyl sites for hydroxylation is 1. The van der Waals surface area contributed by atoms with Crippen LogP contribution in [0.3, 0.4) is 0 Å². The highest BCUT2D eigenvalue weighted by atomic mass is 32.1. The number of rotatable bonds is 9. The summed E-state index contributed by atoms with van der Waals surface area (Å²) in [6.45, 7) is 15.7. The maximum absolute atomic E-state index is 3.53. The predicted octanol–water partition coefficient (Wildman–Crippen LogP) is 4.28. The van der Waals surface area contributed by atoms with Gasteiger partial charge in [-0.25, -0.2) is 0 Å². The summed E-state index contributed by atoms with van der Waals surface area (Å²) in [5.74, 6) is 1.50. The molecule has 0 saturated heterocycles. The minimum atomic E-state index is 0.720. The average Bonchev–Trinajstić information content (AvgIpc) is 2.69. The Morgan fingerprint density at radius 3 is 2.60 bits per heavy atom. The van der Waals surface area contributed by atoms with Crippen molar-refractivity contribution in [2.24, 2.45) is 11.8 Å². The van der Waals surface area contributed by atoms with Crippen LogP contribution in [0.15, 0.2) is 6.07 Å². The predicted molar refractivity (Wildman–Crippen MR) is 91.4 cm³/mol. The molecule has 2 nitrogen and oxygen atoms in total. The zero-order valence-corrected chi connectivity index (χ0v) is 14.9. The Labute approximate surface area is 129 Å². The normalized spacial score (nSPS) is 13.4. The number of nitrogens with one attached hydrogen (secondary N) is 1. The fraction of sp³-hybridized carbons (Fsp3) is 0.765. The molecule has 1 atom stereocenters. The average molecular weight is 297 g/mol. The van der Waals surface area contributed by atoms with Crippen LogP contribution in [0.1, 0.15) is 49.4 Å². The molecule has 0 saturated carbocycles. The van der Waals surface area contributed by atoms with Crippen LogP contribution in [0.25, 0.3) is 0 Å². The second-order valence-corrected chi connectivity index (χ2v) is 7.87. The quantitative estimate of drug-likeness (QED) is 0.731. The van der Waals surface area contributed by atoms with Gasteiger partial charge in [0.25, 0.3) is 0 Å². The van der Waals surface area contributed by atoms with E-state index < -0.39 is 0 Å². The molecule has 1 unspecified atom stereocenters. The summed E-state index contributed by atoms with van der Waals surface area (Å²) >= 11 is 1.94. The summed E-state index contributed by atoms with van der Waals surface area (Å²) in [6, 6.07) is 2.39. The van der Waals surface area contributed by atoms with Gasteiger partial charge in [0.05, 0.1) is 0 Å². The van der Waals surface area contributed by atoms with Gasteiger partial charge in [0.1, 0.15) is 0 Å². The number of nitrogens with zero attached hydrogens (tertiary/aromatic N) is 1. The van der Waals surface area contributed by atoms with Crippen molar-refractivity contribution in [3.05, 3.63) is 21.4 Å². The molecule has 20 heavy (non-hydrogen) atoms. The lowest BCUT2D eigenvalue weighted by Crippen LogP contribution is -2.23. The van der Waals surface area contributed by atoms with Crippen LogP contribution in [-0.4, -0.2) is 25.0 Å². The Morgan fingerprint density at radius 2 is 2.00 bits per heavy atom. The van der Waals surface area contributed by atoms with Crippen molar-refractivity contribution < 1.29 is 0 Å². The van der Waals surface area contributed by atoms with E-state index in [9.17, 15) is 0 Å². The molecule has 0 bridgehead atoms. The van der Waals surface area contributed by atoms with E-state index in [-0.39, 0.29) is 0 Å². The Bertz CT molecular complexity index is 384. The van der Waals surface area contributed by atoms with Crippen molar-refractivity contribution >= 4 is 11.3 Å². The van der Waals surface area contributed by atoms with E-state index in [4.69, 9.17) is 0 Å². The molecule has 0 aromatic carbocycles. The Kier molecular flexibility index (Phi) is 7.78. The molecule has 1 aromatic heterocycles. The molecule has 1 aromatic rings. The number of hydrogen-bond acceptors (Lipinski definition) is 3. The van der Waals surface area contributed by atoms with E-state index in [1.54, 1.807) is 0 Å². The molecule has 0 fully saturated rings. The minimum Gasteiger partial charge on any atom is -0.312 e. The molecule has 0 aliphatic carbocycles. The van der Waals surface area contributed by atoms with E-state index >= 15 is 0 Å². The van der Waals surface area contributed by atoms with Crippen molar-refractivity contribution in [1.82, 2.24) is 10.2 Å². The first-order chi connectivity index (χ1) is 9.42. The fourth-order valence-electron chi connectivity index (χ4n) is 2.33. The maximum atomic E-state index is 3.53. The minimum absolute atomic E-state index is 0.720. The van der Waals surface area contributed by atoms with Crippen molar-refractivity contribution in [2.75, 3.05) is 20.1 Å². The van der Waals surface area contributed by atoms with Gasteiger partial charge in [-0.05, 0) is 44.0 Å². The monoisotopic (exact) mass is 296 g/mol. The SMILES string of the molecule is CCC(C)CN(C)Cc1cc(CNCC(C)C)sc1C. The summed E-state index contributed by atoms with van der Waals surface area (Å²) < 4.78 is 0. The second-order valence-electron chi connectivity index (χ2n) is 6.53. The summed E-state index contributed by atoms with van der Waals surface area (Å²) in [4.78, 5) is 5.39. The lowest BCUT2D eigenvalue weighted by molar-refractivity contribution is 0.275. The molecular formula is C17H32N2S. The topological polar surface area (TPSA) is 15.3 Å². The van der Waals surface area contributed by atoms with E-state index in [2.05, 4.69) is 57.9 Å².